The number of aryl methyl sites for hydroxylation is 1. The lowest BCUT2D eigenvalue weighted by atomic mass is 10.1. The Morgan fingerprint density at radius 2 is 2.00 bits per heavy atom. The molecule has 1 N–H and O–H groups in total. The Balaban J connectivity index is 2.11. The topological polar surface area (TPSA) is 46.9 Å². The minimum atomic E-state index is -0.237. The van der Waals surface area contributed by atoms with E-state index in [0.29, 0.717) is 16.7 Å². The van der Waals surface area contributed by atoms with Crippen molar-refractivity contribution in [2.24, 2.45) is 0 Å². The van der Waals surface area contributed by atoms with Crippen LogP contribution in [0.15, 0.2) is 39.7 Å². The highest BCUT2D eigenvalue weighted by atomic mass is 79.9. The number of benzene rings is 1. The normalized spacial score (nSPS) is 10.1. The number of hydrogen-bond donors (Lipinski definition) is 1. The third-order valence-corrected chi connectivity index (χ3v) is 3.91. The molecule has 4 nitrogen and oxygen atoms in total. The molecule has 0 atom stereocenters. The van der Waals surface area contributed by atoms with Crippen LogP contribution in [0.5, 0.6) is 0 Å². The molecule has 2 aromatic rings. The molecule has 0 saturated carbocycles. The monoisotopic (exact) mass is 345 g/mol. The Bertz CT molecular complexity index is 714. The number of halogens is 1. The molecule has 0 fully saturated rings. The van der Waals surface area contributed by atoms with E-state index in [1.807, 2.05) is 0 Å². The molecule has 0 amide bonds. The highest BCUT2D eigenvalue weighted by molar-refractivity contribution is 9.10. The van der Waals surface area contributed by atoms with Crippen LogP contribution in [0.3, 0.4) is 0 Å². The van der Waals surface area contributed by atoms with Gasteiger partial charge in [0.1, 0.15) is 11.0 Å². The first-order valence-corrected chi connectivity index (χ1v) is 7.45. The maximum Gasteiger partial charge on any atom is 0.284 e. The average Bonchev–Trinajstić information content (AvgIpc) is 2.52. The zero-order valence-electron chi connectivity index (χ0n) is 11.8. The zero-order chi connectivity index (χ0) is 15.2. The molecule has 0 unspecified atom stereocenters. The van der Waals surface area contributed by atoms with Gasteiger partial charge >= 0.3 is 0 Å². The molecule has 0 saturated heterocycles. The van der Waals surface area contributed by atoms with E-state index in [-0.39, 0.29) is 12.1 Å². The highest BCUT2D eigenvalue weighted by Crippen LogP contribution is 2.17. The van der Waals surface area contributed by atoms with Gasteiger partial charge in [-0.05, 0) is 33.5 Å². The smallest absolute Gasteiger partial charge is 0.284 e. The Morgan fingerprint density at radius 3 is 2.62 bits per heavy atom. The van der Waals surface area contributed by atoms with Gasteiger partial charge in [0.2, 0.25) is 0 Å². The van der Waals surface area contributed by atoms with E-state index in [1.54, 1.807) is 6.20 Å². The fraction of sp³-hybridized carbons (Fsp3) is 0.250. The maximum atomic E-state index is 12.0. The van der Waals surface area contributed by atoms with Crippen molar-refractivity contribution in [3.05, 3.63) is 56.4 Å². The van der Waals surface area contributed by atoms with Gasteiger partial charge in [-0.25, -0.2) is 4.68 Å². The lowest BCUT2D eigenvalue weighted by Gasteiger charge is -2.09. The minimum Gasteiger partial charge on any atom is -0.379 e. The van der Waals surface area contributed by atoms with Gasteiger partial charge in [-0.3, -0.25) is 4.79 Å². The van der Waals surface area contributed by atoms with Crippen LogP contribution in [-0.2, 0) is 19.5 Å². The van der Waals surface area contributed by atoms with Crippen LogP contribution in [0.4, 0.5) is 5.69 Å². The van der Waals surface area contributed by atoms with Crippen molar-refractivity contribution in [3.8, 4) is 12.3 Å². The summed E-state index contributed by atoms with van der Waals surface area (Å²) >= 11 is 3.29. The summed E-state index contributed by atoms with van der Waals surface area (Å²) in [6, 6.07) is 8.36. The summed E-state index contributed by atoms with van der Waals surface area (Å²) in [6.45, 7) is 2.92. The van der Waals surface area contributed by atoms with Gasteiger partial charge in [0, 0.05) is 6.54 Å². The van der Waals surface area contributed by atoms with Gasteiger partial charge in [0.25, 0.3) is 5.56 Å². The number of rotatable bonds is 5. The van der Waals surface area contributed by atoms with Gasteiger partial charge in [0.05, 0.1) is 11.9 Å². The van der Waals surface area contributed by atoms with Gasteiger partial charge in [0.15, 0.2) is 0 Å². The van der Waals surface area contributed by atoms with Gasteiger partial charge in [-0.1, -0.05) is 37.1 Å². The molecule has 0 aliphatic heterocycles. The number of hydrogen-bond acceptors (Lipinski definition) is 3. The predicted molar refractivity (Wildman–Crippen MR) is 88.2 cm³/mol. The quantitative estimate of drug-likeness (QED) is 0.847. The van der Waals surface area contributed by atoms with Crippen molar-refractivity contribution in [3.63, 3.8) is 0 Å². The summed E-state index contributed by atoms with van der Waals surface area (Å²) < 4.78 is 1.68. The van der Waals surface area contributed by atoms with Crippen molar-refractivity contribution >= 4 is 21.6 Å². The average molecular weight is 346 g/mol. The number of anilines is 1. The van der Waals surface area contributed by atoms with Gasteiger partial charge in [-0.2, -0.15) is 5.10 Å². The first-order chi connectivity index (χ1) is 10.2. The van der Waals surface area contributed by atoms with Crippen LogP contribution in [-0.4, -0.2) is 9.78 Å². The Hall–Kier alpha value is -2.06. The van der Waals surface area contributed by atoms with E-state index in [4.69, 9.17) is 6.42 Å². The standard InChI is InChI=1S/C16H16BrN3O/c1-3-9-20-16(21)15(17)14(11-19-20)18-10-13-7-5-12(4-2)6-8-13/h1,5-8,11,18H,4,9-10H2,2H3. The molecule has 21 heavy (non-hydrogen) atoms. The van der Waals surface area contributed by atoms with Crippen LogP contribution < -0.4 is 10.9 Å². The number of aromatic nitrogens is 2. The predicted octanol–water partition coefficient (Wildman–Crippen LogP) is 2.81. The largest absolute Gasteiger partial charge is 0.379 e. The summed E-state index contributed by atoms with van der Waals surface area (Å²) in [6.07, 6.45) is 7.82. The number of nitrogens with one attached hydrogen (secondary N) is 1. The van der Waals surface area contributed by atoms with Crippen LogP contribution in [0, 0.1) is 12.3 Å². The van der Waals surface area contributed by atoms with E-state index in [9.17, 15) is 4.79 Å². The van der Waals surface area contributed by atoms with E-state index in [1.165, 1.54) is 10.2 Å². The van der Waals surface area contributed by atoms with Crippen molar-refractivity contribution in [1.29, 1.82) is 0 Å². The molecular weight excluding hydrogens is 330 g/mol. The first kappa shape index (κ1) is 15.3. The molecule has 2 rings (SSSR count). The van der Waals surface area contributed by atoms with Crippen LogP contribution in [0.1, 0.15) is 18.1 Å². The summed E-state index contributed by atoms with van der Waals surface area (Å²) in [5.74, 6) is 2.40. The summed E-state index contributed by atoms with van der Waals surface area (Å²) in [7, 11) is 0. The number of terminal acetylenes is 1. The summed E-state index contributed by atoms with van der Waals surface area (Å²) in [5, 5.41) is 7.24. The third-order valence-electron chi connectivity index (χ3n) is 3.14. The molecule has 0 bridgehead atoms. The van der Waals surface area contributed by atoms with Crippen molar-refractivity contribution in [2.45, 2.75) is 26.4 Å². The van der Waals surface area contributed by atoms with Gasteiger partial charge < -0.3 is 5.32 Å². The molecule has 1 heterocycles. The molecule has 0 aliphatic carbocycles. The first-order valence-electron chi connectivity index (χ1n) is 6.66. The molecule has 0 aliphatic rings. The second-order valence-electron chi connectivity index (χ2n) is 4.56. The molecule has 0 radical (unpaired) electrons. The third kappa shape index (κ3) is 3.73. The SMILES string of the molecule is C#CCn1ncc(NCc2ccc(CC)cc2)c(Br)c1=O. The molecule has 0 spiro atoms. The van der Waals surface area contributed by atoms with Crippen LogP contribution >= 0.6 is 15.9 Å². The Labute approximate surface area is 132 Å². The fourth-order valence-electron chi connectivity index (χ4n) is 1.88. The molecule has 108 valence electrons. The minimum absolute atomic E-state index is 0.163. The number of nitrogens with zero attached hydrogens (tertiary/aromatic N) is 2. The molecular formula is C16H16BrN3O. The zero-order valence-corrected chi connectivity index (χ0v) is 13.4. The highest BCUT2D eigenvalue weighted by Gasteiger charge is 2.07. The van der Waals surface area contributed by atoms with Crippen molar-refractivity contribution in [1.82, 2.24) is 9.78 Å². The van der Waals surface area contributed by atoms with Crippen LogP contribution in [0.2, 0.25) is 0 Å². The van der Waals surface area contributed by atoms with Crippen LogP contribution in [0.25, 0.3) is 0 Å². The van der Waals surface area contributed by atoms with E-state index in [2.05, 4.69) is 63.5 Å². The second kappa shape index (κ2) is 7.09. The lowest BCUT2D eigenvalue weighted by Crippen LogP contribution is -2.24. The summed E-state index contributed by atoms with van der Waals surface area (Å²) in [5.41, 5.74) is 2.87. The van der Waals surface area contributed by atoms with E-state index >= 15 is 0 Å². The van der Waals surface area contributed by atoms with Crippen molar-refractivity contribution < 1.29 is 0 Å². The molecule has 5 heteroatoms. The second-order valence-corrected chi connectivity index (χ2v) is 5.36. The fourth-order valence-corrected chi connectivity index (χ4v) is 2.32. The van der Waals surface area contributed by atoms with E-state index < -0.39 is 0 Å². The van der Waals surface area contributed by atoms with Crippen molar-refractivity contribution in [2.75, 3.05) is 5.32 Å². The van der Waals surface area contributed by atoms with E-state index in [0.717, 1.165) is 12.0 Å². The molecule has 1 aromatic carbocycles. The lowest BCUT2D eigenvalue weighted by molar-refractivity contribution is 0.659. The molecule has 1 aromatic heterocycles. The summed E-state index contributed by atoms with van der Waals surface area (Å²) in [4.78, 5) is 12.0. The maximum absolute atomic E-state index is 12.0. The van der Waals surface area contributed by atoms with Gasteiger partial charge in [-0.15, -0.1) is 6.42 Å². The Kier molecular flexibility index (Phi) is 5.18. The Morgan fingerprint density at radius 1 is 1.33 bits per heavy atom.